The van der Waals surface area contributed by atoms with Crippen molar-refractivity contribution in [3.63, 3.8) is 0 Å². The van der Waals surface area contributed by atoms with Crippen LogP contribution in [0.2, 0.25) is 0 Å². The van der Waals surface area contributed by atoms with Gasteiger partial charge in [-0.2, -0.15) is 0 Å². The van der Waals surface area contributed by atoms with Gasteiger partial charge in [-0.05, 0) is 69.8 Å². The predicted molar refractivity (Wildman–Crippen MR) is 146 cm³/mol. The van der Waals surface area contributed by atoms with Gasteiger partial charge in [0.25, 0.3) is 0 Å². The fraction of sp³-hybridized carbons (Fsp3) is 0.0909. The zero-order valence-electron chi connectivity index (χ0n) is 19.8. The van der Waals surface area contributed by atoms with Crippen LogP contribution in [-0.4, -0.2) is 0 Å². The van der Waals surface area contributed by atoms with E-state index in [4.69, 9.17) is 4.42 Å². The zero-order valence-corrected chi connectivity index (χ0v) is 19.8. The first-order valence-corrected chi connectivity index (χ1v) is 12.1. The lowest BCUT2D eigenvalue weighted by Gasteiger charge is -2.22. The Hall–Kier alpha value is -4.30. The van der Waals surface area contributed by atoms with Gasteiger partial charge in [-0.3, -0.25) is 0 Å². The van der Waals surface area contributed by atoms with Gasteiger partial charge in [-0.15, -0.1) is 0 Å². The molecule has 0 saturated heterocycles. The maximum atomic E-state index is 6.11. The Bertz CT molecular complexity index is 1750. The van der Waals surface area contributed by atoms with Gasteiger partial charge in [0, 0.05) is 27.6 Å². The van der Waals surface area contributed by atoms with Crippen molar-refractivity contribution in [1.29, 1.82) is 0 Å². The number of hydrogen-bond donors (Lipinski definition) is 1. The minimum absolute atomic E-state index is 0.0105. The molecule has 0 aliphatic heterocycles. The van der Waals surface area contributed by atoms with Gasteiger partial charge in [0.05, 0.1) is 0 Å². The number of para-hydroxylation sites is 1. The van der Waals surface area contributed by atoms with Crippen LogP contribution < -0.4 is 5.32 Å². The quantitative estimate of drug-likeness (QED) is 0.290. The van der Waals surface area contributed by atoms with Crippen molar-refractivity contribution in [2.45, 2.75) is 19.3 Å². The molecule has 1 aromatic heterocycles. The molecule has 0 unspecified atom stereocenters. The summed E-state index contributed by atoms with van der Waals surface area (Å²) in [4.78, 5) is 0. The molecular formula is C33H25NO. The molecule has 0 amide bonds. The van der Waals surface area contributed by atoms with Crippen molar-refractivity contribution in [2.24, 2.45) is 0 Å². The molecule has 0 saturated carbocycles. The number of furan rings is 1. The lowest BCUT2D eigenvalue weighted by molar-refractivity contribution is 0.660. The topological polar surface area (TPSA) is 25.2 Å². The predicted octanol–water partition coefficient (Wildman–Crippen LogP) is 9.30. The highest BCUT2D eigenvalue weighted by Gasteiger charge is 2.35. The third-order valence-electron chi connectivity index (χ3n) is 7.45. The van der Waals surface area contributed by atoms with Crippen LogP contribution in [-0.2, 0) is 5.41 Å². The zero-order chi connectivity index (χ0) is 23.6. The highest BCUT2D eigenvalue weighted by Crippen LogP contribution is 2.49. The third-order valence-corrected chi connectivity index (χ3v) is 7.45. The van der Waals surface area contributed by atoms with Gasteiger partial charge in [0.15, 0.2) is 0 Å². The Morgan fingerprint density at radius 2 is 1.29 bits per heavy atom. The van der Waals surface area contributed by atoms with E-state index >= 15 is 0 Å². The summed E-state index contributed by atoms with van der Waals surface area (Å²) in [5.41, 5.74) is 11.8. The summed E-state index contributed by atoms with van der Waals surface area (Å²) in [5, 5.41) is 5.98. The van der Waals surface area contributed by atoms with Gasteiger partial charge < -0.3 is 9.73 Å². The summed E-state index contributed by atoms with van der Waals surface area (Å²) in [6.07, 6.45) is 0. The summed E-state index contributed by atoms with van der Waals surface area (Å²) in [5.74, 6) is 0. The average molecular weight is 452 g/mol. The maximum Gasteiger partial charge on any atom is 0.136 e. The summed E-state index contributed by atoms with van der Waals surface area (Å²) in [7, 11) is 0. The van der Waals surface area contributed by atoms with E-state index in [1.165, 1.54) is 33.4 Å². The molecule has 0 spiro atoms. The fourth-order valence-electron chi connectivity index (χ4n) is 5.73. The van der Waals surface area contributed by atoms with Gasteiger partial charge in [-0.25, -0.2) is 0 Å². The minimum atomic E-state index is -0.0105. The molecule has 0 fully saturated rings. The maximum absolute atomic E-state index is 6.11. The van der Waals surface area contributed by atoms with Crippen molar-refractivity contribution < 1.29 is 4.42 Å². The lowest BCUT2D eigenvalue weighted by Crippen LogP contribution is -2.15. The Labute approximate surface area is 204 Å². The van der Waals surface area contributed by atoms with Crippen molar-refractivity contribution in [3.05, 3.63) is 120 Å². The number of rotatable bonds is 3. The lowest BCUT2D eigenvalue weighted by atomic mass is 9.82. The number of fused-ring (bicyclic) bond motifs is 6. The molecule has 1 aliphatic carbocycles. The molecule has 2 nitrogen and oxygen atoms in total. The Morgan fingerprint density at radius 1 is 0.571 bits per heavy atom. The molecule has 1 aliphatic rings. The second-order valence-corrected chi connectivity index (χ2v) is 9.91. The molecule has 5 aromatic carbocycles. The molecule has 2 heteroatoms. The van der Waals surface area contributed by atoms with E-state index in [-0.39, 0.29) is 5.41 Å². The monoisotopic (exact) mass is 451 g/mol. The van der Waals surface area contributed by atoms with Crippen molar-refractivity contribution in [1.82, 2.24) is 0 Å². The number of anilines is 2. The smallest absolute Gasteiger partial charge is 0.136 e. The summed E-state index contributed by atoms with van der Waals surface area (Å²) in [6, 6.07) is 38.7. The Balaban J connectivity index is 1.28. The number of hydrogen-bond acceptors (Lipinski definition) is 2. The third kappa shape index (κ3) is 3.03. The molecule has 7 rings (SSSR count). The first-order valence-electron chi connectivity index (χ1n) is 12.1. The van der Waals surface area contributed by atoms with Gasteiger partial charge in [0.1, 0.15) is 11.2 Å². The van der Waals surface area contributed by atoms with Crippen LogP contribution >= 0.6 is 0 Å². The van der Waals surface area contributed by atoms with E-state index in [1.807, 2.05) is 18.2 Å². The summed E-state index contributed by atoms with van der Waals surface area (Å²) < 4.78 is 6.11. The van der Waals surface area contributed by atoms with Crippen molar-refractivity contribution in [2.75, 3.05) is 5.32 Å². The SMILES string of the molecule is CC1(C)c2ccccc2-c2ccc(Nc3cccc(-c4cccc5oc6ccccc6c45)c3)cc21. The summed E-state index contributed by atoms with van der Waals surface area (Å²) >= 11 is 0. The number of nitrogens with one attached hydrogen (secondary N) is 1. The molecule has 35 heavy (non-hydrogen) atoms. The first kappa shape index (κ1) is 20.1. The Morgan fingerprint density at radius 3 is 2.23 bits per heavy atom. The van der Waals surface area contributed by atoms with Crippen LogP contribution in [0.5, 0.6) is 0 Å². The average Bonchev–Trinajstić information content (AvgIpc) is 3.37. The number of benzene rings is 5. The van der Waals surface area contributed by atoms with E-state index in [0.29, 0.717) is 0 Å². The van der Waals surface area contributed by atoms with Crippen LogP contribution in [0.1, 0.15) is 25.0 Å². The Kier molecular flexibility index (Phi) is 4.22. The normalized spacial score (nSPS) is 13.7. The van der Waals surface area contributed by atoms with E-state index in [9.17, 15) is 0 Å². The molecule has 1 heterocycles. The second-order valence-electron chi connectivity index (χ2n) is 9.91. The minimum Gasteiger partial charge on any atom is -0.456 e. The first-order chi connectivity index (χ1) is 17.1. The van der Waals surface area contributed by atoms with E-state index in [1.54, 1.807) is 0 Å². The van der Waals surface area contributed by atoms with E-state index in [0.717, 1.165) is 33.3 Å². The molecule has 168 valence electrons. The molecular weight excluding hydrogens is 426 g/mol. The van der Waals surface area contributed by atoms with Gasteiger partial charge in [-0.1, -0.05) is 86.6 Å². The van der Waals surface area contributed by atoms with Crippen LogP contribution in [0.3, 0.4) is 0 Å². The molecule has 0 radical (unpaired) electrons. The summed E-state index contributed by atoms with van der Waals surface area (Å²) in [6.45, 7) is 4.63. The molecule has 6 aromatic rings. The van der Waals surface area contributed by atoms with Gasteiger partial charge >= 0.3 is 0 Å². The van der Waals surface area contributed by atoms with E-state index < -0.39 is 0 Å². The van der Waals surface area contributed by atoms with E-state index in [2.05, 4.69) is 110 Å². The molecule has 0 bridgehead atoms. The highest BCUT2D eigenvalue weighted by atomic mass is 16.3. The van der Waals surface area contributed by atoms with Crippen molar-refractivity contribution >= 4 is 33.3 Å². The fourth-order valence-corrected chi connectivity index (χ4v) is 5.73. The van der Waals surface area contributed by atoms with Crippen LogP contribution in [0.25, 0.3) is 44.2 Å². The molecule has 0 atom stereocenters. The van der Waals surface area contributed by atoms with Gasteiger partial charge in [0.2, 0.25) is 0 Å². The largest absolute Gasteiger partial charge is 0.456 e. The standard InChI is InChI=1S/C33H25NO/c1-33(2)28-14-5-3-11-25(28)26-18-17-23(20-29(26)33)34-22-10-7-9-21(19-22)24-13-8-16-31-32(24)27-12-4-6-15-30(27)35-31/h3-20,34H,1-2H3. The van der Waals surface area contributed by atoms with Crippen LogP contribution in [0, 0.1) is 0 Å². The van der Waals surface area contributed by atoms with Crippen LogP contribution in [0.15, 0.2) is 114 Å². The van der Waals surface area contributed by atoms with Crippen molar-refractivity contribution in [3.8, 4) is 22.3 Å². The second kappa shape index (κ2) is 7.35. The molecule has 1 N–H and O–H groups in total. The van der Waals surface area contributed by atoms with Crippen LogP contribution in [0.4, 0.5) is 11.4 Å². The highest BCUT2D eigenvalue weighted by molar-refractivity contribution is 6.12.